The lowest BCUT2D eigenvalue weighted by molar-refractivity contribution is -0.133. The summed E-state index contributed by atoms with van der Waals surface area (Å²) in [5.41, 5.74) is -0.0580. The first-order valence-corrected chi connectivity index (χ1v) is 6.75. The van der Waals surface area contributed by atoms with Crippen LogP contribution in [0, 0.1) is 0 Å². The number of amides is 1. The zero-order chi connectivity index (χ0) is 13.8. The lowest BCUT2D eigenvalue weighted by Gasteiger charge is -2.36. The van der Waals surface area contributed by atoms with Gasteiger partial charge in [0.25, 0.3) is 5.56 Å². The van der Waals surface area contributed by atoms with Crippen LogP contribution in [0.3, 0.4) is 0 Å². The average Bonchev–Trinajstić information content (AvgIpc) is 2.36. The van der Waals surface area contributed by atoms with Gasteiger partial charge < -0.3 is 14.8 Å². The van der Waals surface area contributed by atoms with Crippen molar-refractivity contribution in [2.75, 3.05) is 13.1 Å². The molecule has 0 aromatic carbocycles. The van der Waals surface area contributed by atoms with Crippen molar-refractivity contribution in [3.8, 4) is 0 Å². The monoisotopic (exact) mass is 263 g/mol. The molecule has 104 valence electrons. The normalized spacial score (nSPS) is 23.4. The van der Waals surface area contributed by atoms with Crippen LogP contribution in [0.15, 0.2) is 29.2 Å². The van der Waals surface area contributed by atoms with Gasteiger partial charge in [0.1, 0.15) is 0 Å². The first kappa shape index (κ1) is 13.8. The van der Waals surface area contributed by atoms with Crippen molar-refractivity contribution < 1.29 is 4.79 Å². The Bertz CT molecular complexity index is 487. The summed E-state index contributed by atoms with van der Waals surface area (Å²) >= 11 is 0. The molecule has 1 N–H and O–H groups in total. The van der Waals surface area contributed by atoms with Crippen LogP contribution in [0.25, 0.3) is 0 Å². The van der Waals surface area contributed by atoms with Crippen LogP contribution in [-0.2, 0) is 11.3 Å². The van der Waals surface area contributed by atoms with Crippen LogP contribution in [0.5, 0.6) is 0 Å². The summed E-state index contributed by atoms with van der Waals surface area (Å²) in [7, 11) is 0. The molecular formula is C14H21N3O2. The Labute approximate surface area is 113 Å². The topological polar surface area (TPSA) is 54.3 Å². The van der Waals surface area contributed by atoms with Gasteiger partial charge in [-0.3, -0.25) is 9.59 Å². The Hall–Kier alpha value is -1.62. The van der Waals surface area contributed by atoms with Gasteiger partial charge >= 0.3 is 0 Å². The van der Waals surface area contributed by atoms with Crippen molar-refractivity contribution in [1.82, 2.24) is 14.8 Å². The second-order valence-electron chi connectivity index (χ2n) is 5.25. The lowest BCUT2D eigenvalue weighted by atomic mass is 10.1. The number of carbonyl (C=O) groups is 1. The summed E-state index contributed by atoms with van der Waals surface area (Å²) in [6.07, 6.45) is 2.10. The van der Waals surface area contributed by atoms with Gasteiger partial charge in [0.05, 0.1) is 0 Å². The number of nitrogens with zero attached hydrogens (tertiary/aromatic N) is 2. The van der Waals surface area contributed by atoms with Gasteiger partial charge in [-0.1, -0.05) is 6.07 Å². The van der Waals surface area contributed by atoms with E-state index in [0.717, 1.165) is 13.1 Å². The van der Waals surface area contributed by atoms with Crippen LogP contribution < -0.4 is 10.9 Å². The maximum Gasteiger partial charge on any atom is 0.250 e. The molecule has 5 heteroatoms. The maximum absolute atomic E-state index is 12.2. The molecule has 2 atom stereocenters. The van der Waals surface area contributed by atoms with Gasteiger partial charge in [0, 0.05) is 50.4 Å². The van der Waals surface area contributed by atoms with Crippen LogP contribution in [0.1, 0.15) is 20.3 Å². The molecule has 1 aliphatic rings. The van der Waals surface area contributed by atoms with Gasteiger partial charge in [0.2, 0.25) is 5.91 Å². The van der Waals surface area contributed by atoms with Crippen molar-refractivity contribution in [1.29, 1.82) is 0 Å². The quantitative estimate of drug-likeness (QED) is 0.861. The SMILES string of the molecule is CC1CN(C(=O)CCn2ccccc2=O)CC(C)N1. The molecule has 5 nitrogen and oxygen atoms in total. The number of aryl methyl sites for hydroxylation is 1. The van der Waals surface area contributed by atoms with Crippen molar-refractivity contribution in [3.05, 3.63) is 34.7 Å². The molecule has 2 unspecified atom stereocenters. The van der Waals surface area contributed by atoms with E-state index in [-0.39, 0.29) is 11.5 Å². The first-order valence-electron chi connectivity index (χ1n) is 6.75. The fraction of sp³-hybridized carbons (Fsp3) is 0.571. The van der Waals surface area contributed by atoms with E-state index in [2.05, 4.69) is 19.2 Å². The predicted octanol–water partition coefficient (Wildman–Crippen LogP) is 0.447. The largest absolute Gasteiger partial charge is 0.340 e. The highest BCUT2D eigenvalue weighted by Crippen LogP contribution is 2.06. The third kappa shape index (κ3) is 3.67. The number of carbonyl (C=O) groups excluding carboxylic acids is 1. The fourth-order valence-corrected chi connectivity index (χ4v) is 2.55. The van der Waals surface area contributed by atoms with Gasteiger partial charge in [0.15, 0.2) is 0 Å². The van der Waals surface area contributed by atoms with Crippen molar-refractivity contribution >= 4 is 5.91 Å². The molecular weight excluding hydrogens is 242 g/mol. The molecule has 19 heavy (non-hydrogen) atoms. The van der Waals surface area contributed by atoms with Crippen molar-refractivity contribution in [2.45, 2.75) is 38.9 Å². The zero-order valence-electron chi connectivity index (χ0n) is 11.5. The maximum atomic E-state index is 12.2. The number of hydrogen-bond acceptors (Lipinski definition) is 3. The fourth-order valence-electron chi connectivity index (χ4n) is 2.55. The number of piperazine rings is 1. The smallest absolute Gasteiger partial charge is 0.250 e. The Morgan fingerprint density at radius 3 is 2.63 bits per heavy atom. The van der Waals surface area contributed by atoms with Crippen LogP contribution in [0.4, 0.5) is 0 Å². The lowest BCUT2D eigenvalue weighted by Crippen LogP contribution is -2.55. The van der Waals surface area contributed by atoms with E-state index in [0.29, 0.717) is 25.0 Å². The Morgan fingerprint density at radius 2 is 2.00 bits per heavy atom. The van der Waals surface area contributed by atoms with E-state index in [1.807, 2.05) is 4.90 Å². The van der Waals surface area contributed by atoms with Gasteiger partial charge in [-0.05, 0) is 19.9 Å². The Morgan fingerprint density at radius 1 is 1.32 bits per heavy atom. The molecule has 0 spiro atoms. The molecule has 1 fully saturated rings. The molecule has 1 aromatic heterocycles. The summed E-state index contributed by atoms with van der Waals surface area (Å²) in [6, 6.07) is 5.68. The van der Waals surface area contributed by atoms with Crippen LogP contribution >= 0.6 is 0 Å². The molecule has 1 aliphatic heterocycles. The number of pyridine rings is 1. The minimum Gasteiger partial charge on any atom is -0.340 e. The molecule has 2 rings (SSSR count). The van der Waals surface area contributed by atoms with Crippen molar-refractivity contribution in [2.24, 2.45) is 0 Å². The van der Waals surface area contributed by atoms with Gasteiger partial charge in [-0.2, -0.15) is 0 Å². The highest BCUT2D eigenvalue weighted by atomic mass is 16.2. The molecule has 0 radical (unpaired) electrons. The number of nitrogens with one attached hydrogen (secondary N) is 1. The molecule has 0 bridgehead atoms. The molecule has 1 amide bonds. The number of hydrogen-bond donors (Lipinski definition) is 1. The van der Waals surface area contributed by atoms with E-state index < -0.39 is 0 Å². The van der Waals surface area contributed by atoms with Gasteiger partial charge in [-0.25, -0.2) is 0 Å². The minimum atomic E-state index is -0.0580. The van der Waals surface area contributed by atoms with E-state index in [9.17, 15) is 9.59 Å². The third-order valence-electron chi connectivity index (χ3n) is 3.38. The Kier molecular flexibility index (Phi) is 4.37. The summed E-state index contributed by atoms with van der Waals surface area (Å²) in [4.78, 5) is 25.6. The minimum absolute atomic E-state index is 0.0580. The number of aromatic nitrogens is 1. The highest BCUT2D eigenvalue weighted by molar-refractivity contribution is 5.76. The van der Waals surface area contributed by atoms with E-state index in [1.165, 1.54) is 6.07 Å². The molecule has 0 aliphatic carbocycles. The predicted molar refractivity (Wildman–Crippen MR) is 74.0 cm³/mol. The highest BCUT2D eigenvalue weighted by Gasteiger charge is 2.24. The second kappa shape index (κ2) is 6.02. The molecule has 0 saturated carbocycles. The van der Waals surface area contributed by atoms with Crippen LogP contribution in [-0.4, -0.2) is 40.5 Å². The second-order valence-corrected chi connectivity index (χ2v) is 5.25. The third-order valence-corrected chi connectivity index (χ3v) is 3.38. The zero-order valence-corrected chi connectivity index (χ0v) is 11.5. The summed E-state index contributed by atoms with van der Waals surface area (Å²) < 4.78 is 1.58. The summed E-state index contributed by atoms with van der Waals surface area (Å²) in [5, 5.41) is 3.40. The molecule has 1 aromatic rings. The summed E-state index contributed by atoms with van der Waals surface area (Å²) in [5.74, 6) is 0.121. The molecule has 2 heterocycles. The molecule has 1 saturated heterocycles. The first-order chi connectivity index (χ1) is 9.06. The average molecular weight is 263 g/mol. The van der Waals surface area contributed by atoms with E-state index in [1.54, 1.807) is 22.9 Å². The standard InChI is InChI=1S/C14H21N3O2/c1-11-9-17(10-12(2)15-11)14(19)6-8-16-7-4-3-5-13(16)18/h3-5,7,11-12,15H,6,8-10H2,1-2H3. The summed E-state index contributed by atoms with van der Waals surface area (Å²) in [6.45, 7) is 6.10. The van der Waals surface area contributed by atoms with Crippen LogP contribution in [0.2, 0.25) is 0 Å². The van der Waals surface area contributed by atoms with E-state index >= 15 is 0 Å². The van der Waals surface area contributed by atoms with Crippen molar-refractivity contribution in [3.63, 3.8) is 0 Å². The van der Waals surface area contributed by atoms with Gasteiger partial charge in [-0.15, -0.1) is 0 Å². The van der Waals surface area contributed by atoms with E-state index in [4.69, 9.17) is 0 Å². The number of rotatable bonds is 3. The Balaban J connectivity index is 1.91.